The number of nitrogens with one attached hydrogen (secondary N) is 2. The molecule has 1 aliphatic rings. The Morgan fingerprint density at radius 2 is 2.29 bits per heavy atom. The molecule has 0 radical (unpaired) electrons. The zero-order chi connectivity index (χ0) is 17.1. The van der Waals surface area contributed by atoms with Crippen molar-refractivity contribution in [3.05, 3.63) is 35.7 Å². The van der Waals surface area contributed by atoms with Crippen molar-refractivity contribution in [1.29, 1.82) is 0 Å². The summed E-state index contributed by atoms with van der Waals surface area (Å²) in [6.07, 6.45) is 4.46. The summed E-state index contributed by atoms with van der Waals surface area (Å²) in [4.78, 5) is 25.1. The van der Waals surface area contributed by atoms with Crippen LogP contribution in [0.5, 0.6) is 0 Å². The Kier molecular flexibility index (Phi) is 4.75. The first-order valence-electron chi connectivity index (χ1n) is 7.99. The van der Waals surface area contributed by atoms with E-state index >= 15 is 0 Å². The Labute approximate surface area is 140 Å². The lowest BCUT2D eigenvalue weighted by atomic mass is 10.0. The minimum Gasteiger partial charge on any atom is -0.370 e. The summed E-state index contributed by atoms with van der Waals surface area (Å²) in [6, 6.07) is 1.68. The number of hydrogen-bond donors (Lipinski definition) is 2. The number of aryl methyl sites for hydroxylation is 2. The molecule has 2 N–H and O–H groups in total. The van der Waals surface area contributed by atoms with E-state index in [1.165, 1.54) is 0 Å². The molecule has 8 nitrogen and oxygen atoms in total. The molecule has 0 unspecified atom stereocenters. The van der Waals surface area contributed by atoms with E-state index in [9.17, 15) is 4.79 Å². The number of amides is 1. The van der Waals surface area contributed by atoms with Crippen molar-refractivity contribution < 1.29 is 9.53 Å². The highest BCUT2D eigenvalue weighted by Crippen LogP contribution is 2.32. The van der Waals surface area contributed by atoms with Crippen LogP contribution in [0.4, 0.5) is 5.95 Å². The SMILES string of the molecule is CNc1nc(C)cc(C(=O)NC[C@@H]2CCO[C@H]2c2nccn2C)n1. The van der Waals surface area contributed by atoms with Crippen LogP contribution >= 0.6 is 0 Å². The van der Waals surface area contributed by atoms with Crippen LogP contribution in [0, 0.1) is 12.8 Å². The van der Waals surface area contributed by atoms with Crippen LogP contribution in [0.1, 0.15) is 34.5 Å². The fraction of sp³-hybridized carbons (Fsp3) is 0.500. The normalized spacial score (nSPS) is 20.1. The summed E-state index contributed by atoms with van der Waals surface area (Å²) < 4.78 is 7.77. The number of aromatic nitrogens is 4. The predicted molar refractivity (Wildman–Crippen MR) is 88.7 cm³/mol. The van der Waals surface area contributed by atoms with Gasteiger partial charge in [0.2, 0.25) is 5.95 Å². The molecule has 0 aromatic carbocycles. The van der Waals surface area contributed by atoms with Gasteiger partial charge in [-0.15, -0.1) is 0 Å². The minimum absolute atomic E-state index is 0.0923. The second-order valence-electron chi connectivity index (χ2n) is 5.91. The number of carbonyl (C=O) groups excluding carboxylic acids is 1. The molecule has 0 aliphatic carbocycles. The summed E-state index contributed by atoms with van der Waals surface area (Å²) in [5.41, 5.74) is 1.11. The Morgan fingerprint density at radius 1 is 1.46 bits per heavy atom. The molecule has 0 spiro atoms. The van der Waals surface area contributed by atoms with Crippen LogP contribution in [-0.4, -0.2) is 45.6 Å². The molecule has 2 aromatic rings. The molecule has 128 valence electrons. The van der Waals surface area contributed by atoms with E-state index in [0.29, 0.717) is 24.8 Å². The molecule has 1 saturated heterocycles. The van der Waals surface area contributed by atoms with Gasteiger partial charge in [-0.05, 0) is 19.4 Å². The van der Waals surface area contributed by atoms with Gasteiger partial charge in [0.1, 0.15) is 17.6 Å². The van der Waals surface area contributed by atoms with Gasteiger partial charge in [0.05, 0.1) is 0 Å². The van der Waals surface area contributed by atoms with Crippen molar-refractivity contribution in [2.24, 2.45) is 13.0 Å². The van der Waals surface area contributed by atoms with E-state index in [1.54, 1.807) is 19.3 Å². The van der Waals surface area contributed by atoms with Crippen molar-refractivity contribution >= 4 is 11.9 Å². The number of rotatable bonds is 5. The summed E-state index contributed by atoms with van der Waals surface area (Å²) in [6.45, 7) is 3.03. The summed E-state index contributed by atoms with van der Waals surface area (Å²) >= 11 is 0. The zero-order valence-electron chi connectivity index (χ0n) is 14.1. The van der Waals surface area contributed by atoms with E-state index < -0.39 is 0 Å². The highest BCUT2D eigenvalue weighted by atomic mass is 16.5. The molecule has 2 aromatic heterocycles. The number of imidazole rings is 1. The molecule has 1 aliphatic heterocycles. The molecule has 3 rings (SSSR count). The van der Waals surface area contributed by atoms with Crippen molar-refractivity contribution in [3.63, 3.8) is 0 Å². The first-order valence-corrected chi connectivity index (χ1v) is 7.99. The third-order valence-corrected chi connectivity index (χ3v) is 4.16. The Hall–Kier alpha value is -2.48. The van der Waals surface area contributed by atoms with Crippen LogP contribution in [0.3, 0.4) is 0 Å². The second kappa shape index (κ2) is 6.96. The fourth-order valence-corrected chi connectivity index (χ4v) is 2.89. The molecular weight excluding hydrogens is 308 g/mol. The van der Waals surface area contributed by atoms with Gasteiger partial charge in [-0.1, -0.05) is 0 Å². The van der Waals surface area contributed by atoms with Gasteiger partial charge < -0.3 is 19.9 Å². The number of hydrogen-bond acceptors (Lipinski definition) is 6. The average Bonchev–Trinajstić information content (AvgIpc) is 3.20. The van der Waals surface area contributed by atoms with E-state index in [0.717, 1.165) is 17.9 Å². The topological polar surface area (TPSA) is 94.0 Å². The lowest BCUT2D eigenvalue weighted by molar-refractivity contribution is 0.0778. The number of nitrogens with zero attached hydrogens (tertiary/aromatic N) is 4. The van der Waals surface area contributed by atoms with Crippen LogP contribution < -0.4 is 10.6 Å². The maximum atomic E-state index is 12.4. The zero-order valence-corrected chi connectivity index (χ0v) is 14.1. The quantitative estimate of drug-likeness (QED) is 0.852. The van der Waals surface area contributed by atoms with Gasteiger partial charge in [-0.3, -0.25) is 4.79 Å². The summed E-state index contributed by atoms with van der Waals surface area (Å²) in [7, 11) is 3.67. The van der Waals surface area contributed by atoms with Gasteiger partial charge in [0, 0.05) is 51.3 Å². The largest absolute Gasteiger partial charge is 0.370 e. The van der Waals surface area contributed by atoms with Crippen molar-refractivity contribution in [2.45, 2.75) is 19.4 Å². The molecular formula is C16H22N6O2. The lowest BCUT2D eigenvalue weighted by Crippen LogP contribution is -2.32. The Morgan fingerprint density at radius 3 is 3.00 bits per heavy atom. The van der Waals surface area contributed by atoms with Gasteiger partial charge >= 0.3 is 0 Å². The van der Waals surface area contributed by atoms with E-state index in [1.807, 2.05) is 24.7 Å². The highest BCUT2D eigenvalue weighted by molar-refractivity contribution is 5.92. The van der Waals surface area contributed by atoms with Crippen LogP contribution in [-0.2, 0) is 11.8 Å². The average molecular weight is 330 g/mol. The first kappa shape index (κ1) is 16.4. The van der Waals surface area contributed by atoms with Crippen molar-refractivity contribution in [1.82, 2.24) is 24.8 Å². The molecule has 1 amide bonds. The van der Waals surface area contributed by atoms with Gasteiger partial charge in [0.15, 0.2) is 0 Å². The molecule has 0 bridgehead atoms. The first-order chi connectivity index (χ1) is 11.6. The molecule has 8 heteroatoms. The van der Waals surface area contributed by atoms with E-state index in [4.69, 9.17) is 4.74 Å². The Balaban J connectivity index is 1.66. The molecule has 24 heavy (non-hydrogen) atoms. The smallest absolute Gasteiger partial charge is 0.270 e. The Bertz CT molecular complexity index is 729. The number of ether oxygens (including phenoxy) is 1. The molecule has 2 atom stereocenters. The number of carbonyl (C=O) groups is 1. The van der Waals surface area contributed by atoms with Crippen molar-refractivity contribution in [3.8, 4) is 0 Å². The molecule has 3 heterocycles. The van der Waals surface area contributed by atoms with Crippen LogP contribution in [0.2, 0.25) is 0 Å². The fourth-order valence-electron chi connectivity index (χ4n) is 2.89. The molecule has 1 fully saturated rings. The maximum absolute atomic E-state index is 12.4. The standard InChI is InChI=1S/C16H22N6O2/c1-10-8-12(21-16(17-2)20-10)15(23)19-9-11-4-7-24-13(11)14-18-5-6-22(14)3/h5-6,8,11,13H,4,7,9H2,1-3H3,(H,19,23)(H,17,20,21)/t11-,13+/m0/s1. The highest BCUT2D eigenvalue weighted by Gasteiger charge is 2.32. The van der Waals surface area contributed by atoms with Gasteiger partial charge in [-0.2, -0.15) is 0 Å². The van der Waals surface area contributed by atoms with Gasteiger partial charge in [0.25, 0.3) is 5.91 Å². The van der Waals surface area contributed by atoms with Crippen LogP contribution in [0.25, 0.3) is 0 Å². The molecule has 0 saturated carbocycles. The predicted octanol–water partition coefficient (Wildman–Crippen LogP) is 1.07. The number of anilines is 1. The van der Waals surface area contributed by atoms with E-state index in [-0.39, 0.29) is 17.9 Å². The minimum atomic E-state index is -0.206. The van der Waals surface area contributed by atoms with Crippen LogP contribution in [0.15, 0.2) is 18.5 Å². The monoisotopic (exact) mass is 330 g/mol. The second-order valence-corrected chi connectivity index (χ2v) is 5.91. The third kappa shape index (κ3) is 3.38. The van der Waals surface area contributed by atoms with Crippen molar-refractivity contribution in [2.75, 3.05) is 25.5 Å². The summed E-state index contributed by atoms with van der Waals surface area (Å²) in [5, 5.41) is 5.82. The van der Waals surface area contributed by atoms with Gasteiger partial charge in [-0.25, -0.2) is 15.0 Å². The van der Waals surface area contributed by atoms with E-state index in [2.05, 4.69) is 25.6 Å². The third-order valence-electron chi connectivity index (χ3n) is 4.16. The lowest BCUT2D eigenvalue weighted by Gasteiger charge is -2.18. The summed E-state index contributed by atoms with van der Waals surface area (Å²) in [5.74, 6) is 1.32. The maximum Gasteiger partial charge on any atom is 0.270 e.